The molecule has 2 rings (SSSR count). The van der Waals surface area contributed by atoms with Crippen molar-refractivity contribution in [2.24, 2.45) is 0 Å². The second kappa shape index (κ2) is 5.13. The zero-order valence-corrected chi connectivity index (χ0v) is 11.7. The van der Waals surface area contributed by atoms with Gasteiger partial charge in [0.1, 0.15) is 22.9 Å². The predicted octanol–water partition coefficient (Wildman–Crippen LogP) is 2.96. The van der Waals surface area contributed by atoms with Gasteiger partial charge in [-0.3, -0.25) is 14.9 Å². The fourth-order valence-electron chi connectivity index (χ4n) is 1.85. The third-order valence-corrected chi connectivity index (χ3v) is 3.00. The van der Waals surface area contributed by atoms with Crippen LogP contribution in [-0.2, 0) is 4.79 Å². The summed E-state index contributed by atoms with van der Waals surface area (Å²) in [7, 11) is 0. The Bertz CT molecular complexity index is 611. The molecule has 0 aromatic heterocycles. The summed E-state index contributed by atoms with van der Waals surface area (Å²) in [6.07, 6.45) is 3.65. The Labute approximate surface area is 120 Å². The van der Waals surface area contributed by atoms with Crippen molar-refractivity contribution >= 4 is 35.0 Å². The second-order valence-electron chi connectivity index (χ2n) is 4.88. The van der Waals surface area contributed by atoms with Gasteiger partial charge in [0.05, 0.1) is 11.0 Å². The number of hydrogen-bond donors (Lipinski definition) is 1. The van der Waals surface area contributed by atoms with Gasteiger partial charge in [-0.2, -0.15) is 0 Å². The summed E-state index contributed by atoms with van der Waals surface area (Å²) in [6, 6.07) is 2.81. The van der Waals surface area contributed by atoms with Gasteiger partial charge in [0, 0.05) is 5.56 Å². The van der Waals surface area contributed by atoms with Crippen LogP contribution in [0.15, 0.2) is 18.2 Å². The maximum absolute atomic E-state index is 11.3. The van der Waals surface area contributed by atoms with Crippen LogP contribution < -0.4 is 10.1 Å². The van der Waals surface area contributed by atoms with Gasteiger partial charge in [-0.25, -0.2) is 0 Å². The van der Waals surface area contributed by atoms with E-state index in [-0.39, 0.29) is 17.3 Å². The molecular formula is C13H13ClN2O4. The average Bonchev–Trinajstić information content (AvgIpc) is 2.37. The number of anilines is 1. The van der Waals surface area contributed by atoms with Gasteiger partial charge in [0.2, 0.25) is 5.91 Å². The minimum Gasteiger partial charge on any atom is -0.483 e. The first-order valence-corrected chi connectivity index (χ1v) is 6.42. The molecule has 0 unspecified atom stereocenters. The van der Waals surface area contributed by atoms with Crippen molar-refractivity contribution in [2.45, 2.75) is 19.4 Å². The van der Waals surface area contributed by atoms with Gasteiger partial charge in [0.25, 0.3) is 5.69 Å². The molecule has 1 aromatic carbocycles. The first-order valence-electron chi connectivity index (χ1n) is 5.89. The number of carbonyl (C=O) groups is 1. The fraction of sp³-hybridized carbons (Fsp3) is 0.308. The van der Waals surface area contributed by atoms with Gasteiger partial charge >= 0.3 is 0 Å². The summed E-state index contributed by atoms with van der Waals surface area (Å²) >= 11 is 5.39. The van der Waals surface area contributed by atoms with E-state index in [1.54, 1.807) is 6.08 Å². The lowest BCUT2D eigenvalue weighted by molar-refractivity contribution is -0.384. The Kier molecular flexibility index (Phi) is 3.67. The quantitative estimate of drug-likeness (QED) is 0.528. The molecule has 0 radical (unpaired) electrons. The largest absolute Gasteiger partial charge is 0.483 e. The van der Waals surface area contributed by atoms with Crippen LogP contribution in [-0.4, -0.2) is 22.3 Å². The van der Waals surface area contributed by atoms with E-state index in [2.05, 4.69) is 5.32 Å². The molecule has 1 amide bonds. The molecule has 106 valence electrons. The van der Waals surface area contributed by atoms with Crippen molar-refractivity contribution in [3.8, 4) is 5.75 Å². The molecule has 0 bridgehead atoms. The van der Waals surface area contributed by atoms with E-state index in [0.29, 0.717) is 11.3 Å². The molecule has 7 heteroatoms. The Hall–Kier alpha value is -2.08. The predicted molar refractivity (Wildman–Crippen MR) is 76.2 cm³/mol. The van der Waals surface area contributed by atoms with Crippen molar-refractivity contribution in [3.63, 3.8) is 0 Å². The number of nitro benzene ring substituents is 1. The number of benzene rings is 1. The van der Waals surface area contributed by atoms with Crippen LogP contribution in [0.5, 0.6) is 5.75 Å². The first kappa shape index (κ1) is 14.3. The molecule has 0 fully saturated rings. The highest BCUT2D eigenvalue weighted by molar-refractivity contribution is 6.29. The van der Waals surface area contributed by atoms with Gasteiger partial charge < -0.3 is 10.1 Å². The Morgan fingerprint density at radius 2 is 2.20 bits per heavy atom. The number of nitro groups is 1. The number of alkyl halides is 1. The molecule has 0 spiro atoms. The molecule has 0 atom stereocenters. The van der Waals surface area contributed by atoms with Crippen molar-refractivity contribution < 1.29 is 14.5 Å². The number of halogens is 1. The van der Waals surface area contributed by atoms with E-state index in [9.17, 15) is 14.9 Å². The monoisotopic (exact) mass is 296 g/mol. The van der Waals surface area contributed by atoms with Crippen LogP contribution in [0.1, 0.15) is 19.4 Å². The highest BCUT2D eigenvalue weighted by Crippen LogP contribution is 2.38. The SMILES string of the molecule is CC1(C)C=Cc2cc(NC(=O)CCl)c([N+](=O)[O-])cc2O1. The van der Waals surface area contributed by atoms with Crippen molar-refractivity contribution in [3.05, 3.63) is 33.9 Å². The Morgan fingerprint density at radius 3 is 2.80 bits per heavy atom. The molecule has 1 N–H and O–H groups in total. The van der Waals surface area contributed by atoms with E-state index in [1.165, 1.54) is 12.1 Å². The fourth-order valence-corrected chi connectivity index (χ4v) is 1.91. The van der Waals surface area contributed by atoms with E-state index in [4.69, 9.17) is 16.3 Å². The molecule has 1 heterocycles. The van der Waals surface area contributed by atoms with Crippen LogP contribution in [0, 0.1) is 10.1 Å². The highest BCUT2D eigenvalue weighted by atomic mass is 35.5. The van der Waals surface area contributed by atoms with Crippen LogP contribution >= 0.6 is 11.6 Å². The lowest BCUT2D eigenvalue weighted by atomic mass is 10.0. The third kappa shape index (κ3) is 2.91. The Morgan fingerprint density at radius 1 is 1.50 bits per heavy atom. The number of hydrogen-bond acceptors (Lipinski definition) is 4. The lowest BCUT2D eigenvalue weighted by Crippen LogP contribution is -2.27. The number of nitrogens with one attached hydrogen (secondary N) is 1. The van der Waals surface area contributed by atoms with E-state index in [0.717, 1.165) is 0 Å². The number of fused-ring (bicyclic) bond motifs is 1. The zero-order chi connectivity index (χ0) is 14.9. The topological polar surface area (TPSA) is 81.5 Å². The maximum atomic E-state index is 11.3. The zero-order valence-electron chi connectivity index (χ0n) is 11.0. The van der Waals surface area contributed by atoms with E-state index >= 15 is 0 Å². The van der Waals surface area contributed by atoms with E-state index < -0.39 is 16.4 Å². The van der Waals surface area contributed by atoms with Crippen LogP contribution in [0.2, 0.25) is 0 Å². The number of amides is 1. The van der Waals surface area contributed by atoms with Gasteiger partial charge in [-0.1, -0.05) is 6.08 Å². The number of rotatable bonds is 3. The van der Waals surface area contributed by atoms with Crippen LogP contribution in [0.25, 0.3) is 6.08 Å². The van der Waals surface area contributed by atoms with Crippen molar-refractivity contribution in [1.82, 2.24) is 0 Å². The summed E-state index contributed by atoms with van der Waals surface area (Å²) in [4.78, 5) is 21.8. The molecule has 20 heavy (non-hydrogen) atoms. The van der Waals surface area contributed by atoms with E-state index in [1.807, 2.05) is 19.9 Å². The minimum absolute atomic E-state index is 0.104. The van der Waals surface area contributed by atoms with Gasteiger partial charge in [-0.15, -0.1) is 11.6 Å². The first-order chi connectivity index (χ1) is 9.32. The molecule has 1 aliphatic heterocycles. The summed E-state index contributed by atoms with van der Waals surface area (Å²) in [5, 5.41) is 13.5. The van der Waals surface area contributed by atoms with Gasteiger partial charge in [-0.05, 0) is 26.0 Å². The molecule has 0 saturated carbocycles. The number of carbonyl (C=O) groups excluding carboxylic acids is 1. The van der Waals surface area contributed by atoms with Crippen LogP contribution in [0.3, 0.4) is 0 Å². The molecular weight excluding hydrogens is 284 g/mol. The maximum Gasteiger partial charge on any atom is 0.296 e. The average molecular weight is 297 g/mol. The lowest BCUT2D eigenvalue weighted by Gasteiger charge is -2.27. The molecule has 0 saturated heterocycles. The summed E-state index contributed by atoms with van der Waals surface area (Å²) in [5.74, 6) is -0.364. The molecule has 1 aliphatic rings. The van der Waals surface area contributed by atoms with Crippen molar-refractivity contribution in [2.75, 3.05) is 11.2 Å². The van der Waals surface area contributed by atoms with Crippen LogP contribution in [0.4, 0.5) is 11.4 Å². The third-order valence-electron chi connectivity index (χ3n) is 2.76. The molecule has 1 aromatic rings. The summed E-state index contributed by atoms with van der Waals surface area (Å²) < 4.78 is 5.67. The summed E-state index contributed by atoms with van der Waals surface area (Å²) in [6.45, 7) is 3.70. The Balaban J connectivity index is 2.48. The second-order valence-corrected chi connectivity index (χ2v) is 5.15. The number of ether oxygens (including phenoxy) is 1. The normalized spacial score (nSPS) is 15.2. The van der Waals surface area contributed by atoms with Crippen molar-refractivity contribution in [1.29, 1.82) is 0 Å². The molecule has 6 nitrogen and oxygen atoms in total. The molecule has 0 aliphatic carbocycles. The standard InChI is InChI=1S/C13H13ClN2O4/c1-13(2)4-3-8-5-9(15-12(17)7-14)10(16(18)19)6-11(8)20-13/h3-6H,7H2,1-2H3,(H,15,17). The summed E-state index contributed by atoms with van der Waals surface area (Å²) in [5.41, 5.74) is 0.0161. The smallest absolute Gasteiger partial charge is 0.296 e. The highest BCUT2D eigenvalue weighted by Gasteiger charge is 2.26. The minimum atomic E-state index is -0.571. The van der Waals surface area contributed by atoms with Gasteiger partial charge in [0.15, 0.2) is 0 Å². The number of nitrogens with zero attached hydrogens (tertiary/aromatic N) is 1.